The summed E-state index contributed by atoms with van der Waals surface area (Å²) >= 11 is 7.57. The summed E-state index contributed by atoms with van der Waals surface area (Å²) in [4.78, 5) is 16.3. The van der Waals surface area contributed by atoms with Crippen LogP contribution in [0.2, 0.25) is 4.34 Å². The van der Waals surface area contributed by atoms with E-state index >= 15 is 0 Å². The molecular weight excluding hydrogens is 326 g/mol. The Labute approximate surface area is 147 Å². The topological polar surface area (TPSA) is 20.3 Å². The number of hydrogen-bond donors (Lipinski definition) is 0. The van der Waals surface area contributed by atoms with E-state index in [2.05, 4.69) is 32.0 Å². The lowest BCUT2D eigenvalue weighted by atomic mass is 9.91. The minimum atomic E-state index is -0.298. The van der Waals surface area contributed by atoms with Crippen LogP contribution in [0.25, 0.3) is 0 Å². The summed E-state index contributed by atoms with van der Waals surface area (Å²) in [5, 5.41) is 0. The third-order valence-electron chi connectivity index (χ3n) is 4.58. The van der Waals surface area contributed by atoms with E-state index in [9.17, 15) is 4.79 Å². The highest BCUT2D eigenvalue weighted by Crippen LogP contribution is 2.50. The number of halogens is 1. The molecule has 0 radical (unpaired) electrons. The third-order valence-corrected chi connectivity index (χ3v) is 5.79. The number of carbonyl (C=O) groups is 1. The van der Waals surface area contributed by atoms with E-state index in [4.69, 9.17) is 11.6 Å². The van der Waals surface area contributed by atoms with Gasteiger partial charge in [-0.15, -0.1) is 11.3 Å². The predicted molar refractivity (Wildman–Crippen MR) is 97.2 cm³/mol. The molecule has 0 saturated heterocycles. The Balaban J connectivity index is 1.85. The summed E-state index contributed by atoms with van der Waals surface area (Å²) in [7, 11) is 0. The van der Waals surface area contributed by atoms with Crippen molar-refractivity contribution in [3.8, 4) is 0 Å². The average molecular weight is 348 g/mol. The van der Waals surface area contributed by atoms with Crippen molar-refractivity contribution in [1.82, 2.24) is 4.90 Å². The van der Waals surface area contributed by atoms with Gasteiger partial charge in [0, 0.05) is 11.4 Å². The molecule has 3 rings (SSSR count). The zero-order chi connectivity index (χ0) is 16.6. The lowest BCUT2D eigenvalue weighted by Gasteiger charge is -2.26. The third kappa shape index (κ3) is 3.31. The molecule has 4 heteroatoms. The molecule has 1 amide bonds. The molecule has 1 aliphatic carbocycles. The van der Waals surface area contributed by atoms with Gasteiger partial charge in [0.25, 0.3) is 0 Å². The van der Waals surface area contributed by atoms with Crippen LogP contribution in [-0.4, -0.2) is 17.4 Å². The largest absolute Gasteiger partial charge is 0.337 e. The highest BCUT2D eigenvalue weighted by molar-refractivity contribution is 7.16. The molecule has 1 saturated carbocycles. The first kappa shape index (κ1) is 16.5. The van der Waals surface area contributed by atoms with Gasteiger partial charge < -0.3 is 4.90 Å². The monoisotopic (exact) mass is 347 g/mol. The minimum absolute atomic E-state index is 0.259. The Kier molecular flexibility index (Phi) is 4.52. The van der Waals surface area contributed by atoms with Crippen LogP contribution in [0, 0.1) is 13.8 Å². The molecule has 0 atom stereocenters. The fourth-order valence-electron chi connectivity index (χ4n) is 3.26. The first-order valence-corrected chi connectivity index (χ1v) is 9.26. The second-order valence-corrected chi connectivity index (χ2v) is 8.28. The molecule has 2 nitrogen and oxygen atoms in total. The number of amides is 1. The molecule has 0 bridgehead atoms. The molecular formula is C19H22ClNOS. The molecule has 122 valence electrons. The van der Waals surface area contributed by atoms with E-state index in [1.165, 1.54) is 16.7 Å². The van der Waals surface area contributed by atoms with Gasteiger partial charge in [-0.1, -0.05) is 40.9 Å². The second-order valence-electron chi connectivity index (χ2n) is 6.48. The summed E-state index contributed by atoms with van der Waals surface area (Å²) in [6.45, 7) is 7.62. The Morgan fingerprint density at radius 3 is 2.35 bits per heavy atom. The average Bonchev–Trinajstić information content (AvgIpc) is 3.21. The maximum absolute atomic E-state index is 13.2. The van der Waals surface area contributed by atoms with Crippen LogP contribution >= 0.6 is 22.9 Å². The van der Waals surface area contributed by atoms with Crippen LogP contribution in [0.15, 0.2) is 30.3 Å². The Morgan fingerprint density at radius 2 is 1.87 bits per heavy atom. The van der Waals surface area contributed by atoms with Crippen molar-refractivity contribution in [2.45, 2.75) is 45.6 Å². The van der Waals surface area contributed by atoms with Crippen LogP contribution in [0.3, 0.4) is 0 Å². The number of likely N-dealkylation sites (N-methyl/N-ethyl adjacent to an activating group) is 1. The van der Waals surface area contributed by atoms with Crippen LogP contribution in [0.4, 0.5) is 0 Å². The molecule has 1 aromatic carbocycles. The van der Waals surface area contributed by atoms with E-state index in [0.29, 0.717) is 6.54 Å². The number of aryl methyl sites for hydroxylation is 2. The summed E-state index contributed by atoms with van der Waals surface area (Å²) in [6.07, 6.45) is 1.91. The van der Waals surface area contributed by atoms with Crippen LogP contribution in [0.1, 0.15) is 41.3 Å². The smallest absolute Gasteiger partial charge is 0.233 e. The van der Waals surface area contributed by atoms with Crippen LogP contribution in [-0.2, 0) is 16.8 Å². The molecule has 0 N–H and O–H groups in total. The molecule has 23 heavy (non-hydrogen) atoms. The van der Waals surface area contributed by atoms with Crippen molar-refractivity contribution < 1.29 is 4.79 Å². The molecule has 1 aliphatic rings. The molecule has 1 fully saturated rings. The molecule has 1 heterocycles. The van der Waals surface area contributed by atoms with Gasteiger partial charge in [0.1, 0.15) is 0 Å². The van der Waals surface area contributed by atoms with Crippen LogP contribution < -0.4 is 0 Å². The standard InChI is InChI=1S/C19H22ClNOS/c1-4-21(12-16-5-6-17(20)23-16)18(22)19(7-8-19)15-10-13(2)9-14(3)11-15/h5-6,9-11H,4,7-8,12H2,1-3H3. The number of hydrogen-bond acceptors (Lipinski definition) is 2. The number of nitrogens with zero attached hydrogens (tertiary/aromatic N) is 1. The lowest BCUT2D eigenvalue weighted by Crippen LogP contribution is -2.38. The van der Waals surface area contributed by atoms with Gasteiger partial charge in [0.15, 0.2) is 0 Å². The van der Waals surface area contributed by atoms with E-state index in [1.807, 2.05) is 24.0 Å². The lowest BCUT2D eigenvalue weighted by molar-refractivity contribution is -0.134. The van der Waals surface area contributed by atoms with Crippen molar-refractivity contribution in [2.75, 3.05) is 6.54 Å². The molecule has 0 aliphatic heterocycles. The summed E-state index contributed by atoms with van der Waals surface area (Å²) in [5.41, 5.74) is 3.34. The number of benzene rings is 1. The summed E-state index contributed by atoms with van der Waals surface area (Å²) < 4.78 is 0.777. The van der Waals surface area contributed by atoms with Crippen molar-refractivity contribution >= 4 is 28.8 Å². The van der Waals surface area contributed by atoms with Gasteiger partial charge >= 0.3 is 0 Å². The molecule has 1 aromatic heterocycles. The zero-order valence-corrected chi connectivity index (χ0v) is 15.4. The summed E-state index contributed by atoms with van der Waals surface area (Å²) in [6, 6.07) is 10.4. The van der Waals surface area contributed by atoms with Gasteiger partial charge in [-0.25, -0.2) is 0 Å². The van der Waals surface area contributed by atoms with Gasteiger partial charge in [0.2, 0.25) is 5.91 Å². The zero-order valence-electron chi connectivity index (χ0n) is 13.9. The Hall–Kier alpha value is -1.32. The second kappa shape index (κ2) is 6.29. The molecule has 0 spiro atoms. The minimum Gasteiger partial charge on any atom is -0.337 e. The highest BCUT2D eigenvalue weighted by atomic mass is 35.5. The molecule has 0 unspecified atom stereocenters. The maximum Gasteiger partial charge on any atom is 0.233 e. The SMILES string of the molecule is CCN(Cc1ccc(Cl)s1)C(=O)C1(c2cc(C)cc(C)c2)CC1. The fourth-order valence-corrected chi connectivity index (χ4v) is 4.36. The predicted octanol–water partition coefficient (Wildman–Crippen LogP) is 5.10. The normalized spacial score (nSPS) is 15.5. The van der Waals surface area contributed by atoms with E-state index < -0.39 is 0 Å². The van der Waals surface area contributed by atoms with Crippen molar-refractivity contribution in [3.05, 3.63) is 56.2 Å². The first-order chi connectivity index (χ1) is 10.9. The van der Waals surface area contributed by atoms with Gasteiger partial charge in [-0.3, -0.25) is 4.79 Å². The van der Waals surface area contributed by atoms with E-state index in [1.54, 1.807) is 11.3 Å². The van der Waals surface area contributed by atoms with E-state index in [0.717, 1.165) is 28.6 Å². The number of thiophene rings is 1. The molecule has 2 aromatic rings. The fraction of sp³-hybridized carbons (Fsp3) is 0.421. The summed E-state index contributed by atoms with van der Waals surface area (Å²) in [5.74, 6) is 0.259. The maximum atomic E-state index is 13.2. The highest BCUT2D eigenvalue weighted by Gasteiger charge is 2.52. The van der Waals surface area contributed by atoms with Crippen molar-refractivity contribution in [2.24, 2.45) is 0 Å². The number of carbonyl (C=O) groups excluding carboxylic acids is 1. The quantitative estimate of drug-likeness (QED) is 0.737. The Bertz CT molecular complexity index is 712. The van der Waals surface area contributed by atoms with Gasteiger partial charge in [-0.05, 0) is 51.3 Å². The van der Waals surface area contributed by atoms with Crippen molar-refractivity contribution in [3.63, 3.8) is 0 Å². The van der Waals surface area contributed by atoms with Gasteiger partial charge in [-0.2, -0.15) is 0 Å². The van der Waals surface area contributed by atoms with Gasteiger partial charge in [0.05, 0.1) is 16.3 Å². The van der Waals surface area contributed by atoms with Crippen molar-refractivity contribution in [1.29, 1.82) is 0 Å². The van der Waals surface area contributed by atoms with E-state index in [-0.39, 0.29) is 11.3 Å². The number of rotatable bonds is 5. The van der Waals surface area contributed by atoms with Crippen LogP contribution in [0.5, 0.6) is 0 Å². The first-order valence-electron chi connectivity index (χ1n) is 8.07. The Morgan fingerprint density at radius 1 is 1.22 bits per heavy atom.